The molecule has 0 saturated heterocycles. The number of ether oxygens (including phenoxy) is 1. The Balaban J connectivity index is 2.18. The van der Waals surface area contributed by atoms with Crippen LogP contribution >= 0.6 is 0 Å². The Bertz CT molecular complexity index is 638. The molecular formula is C13H11F3N2O3. The number of nitrogen functional groups attached to an aromatic ring is 1. The van der Waals surface area contributed by atoms with Crippen molar-refractivity contribution in [2.24, 2.45) is 5.84 Å². The van der Waals surface area contributed by atoms with E-state index in [1.165, 1.54) is 30.5 Å². The summed E-state index contributed by atoms with van der Waals surface area (Å²) in [6, 6.07) is 6.22. The van der Waals surface area contributed by atoms with Crippen molar-refractivity contribution in [1.82, 2.24) is 5.43 Å². The van der Waals surface area contributed by atoms with Crippen molar-refractivity contribution < 1.29 is 27.1 Å². The van der Waals surface area contributed by atoms with Crippen LogP contribution in [0.1, 0.15) is 21.7 Å². The molecule has 112 valence electrons. The van der Waals surface area contributed by atoms with Crippen molar-refractivity contribution in [1.29, 1.82) is 0 Å². The van der Waals surface area contributed by atoms with Crippen LogP contribution in [0.3, 0.4) is 0 Å². The van der Waals surface area contributed by atoms with E-state index in [2.05, 4.69) is 0 Å². The molecule has 3 N–H and O–H groups in total. The Morgan fingerprint density at radius 3 is 2.67 bits per heavy atom. The first-order valence-corrected chi connectivity index (χ1v) is 5.80. The highest BCUT2D eigenvalue weighted by Gasteiger charge is 2.34. The number of alkyl halides is 3. The topological polar surface area (TPSA) is 77.5 Å². The van der Waals surface area contributed by atoms with E-state index in [-0.39, 0.29) is 23.7 Å². The summed E-state index contributed by atoms with van der Waals surface area (Å²) in [5.41, 5.74) is 1.27. The first kappa shape index (κ1) is 14.9. The second kappa shape index (κ2) is 5.88. The summed E-state index contributed by atoms with van der Waals surface area (Å²) in [6.45, 7) is -0.258. The molecule has 2 aromatic rings. The number of nitrogens with one attached hydrogen (secondary N) is 1. The maximum Gasteiger partial charge on any atom is 0.419 e. The Morgan fingerprint density at radius 2 is 2.00 bits per heavy atom. The summed E-state index contributed by atoms with van der Waals surface area (Å²) < 4.78 is 48.4. The maximum atomic E-state index is 12.8. The highest BCUT2D eigenvalue weighted by atomic mass is 19.4. The van der Waals surface area contributed by atoms with Crippen LogP contribution in [0.25, 0.3) is 0 Å². The van der Waals surface area contributed by atoms with E-state index in [9.17, 15) is 18.0 Å². The molecule has 0 spiro atoms. The summed E-state index contributed by atoms with van der Waals surface area (Å²) in [6.07, 6.45) is -3.30. The van der Waals surface area contributed by atoms with Gasteiger partial charge in [-0.05, 0) is 18.2 Å². The number of rotatable bonds is 4. The molecule has 8 heteroatoms. The van der Waals surface area contributed by atoms with E-state index in [0.29, 0.717) is 0 Å². The molecule has 2 rings (SSSR count). The molecule has 1 heterocycles. The van der Waals surface area contributed by atoms with Gasteiger partial charge >= 0.3 is 12.1 Å². The lowest BCUT2D eigenvalue weighted by Crippen LogP contribution is -2.30. The van der Waals surface area contributed by atoms with Crippen LogP contribution in [0.5, 0.6) is 5.75 Å². The van der Waals surface area contributed by atoms with Crippen LogP contribution in [0.2, 0.25) is 0 Å². The zero-order chi connectivity index (χ0) is 15.5. The fourth-order valence-corrected chi connectivity index (χ4v) is 1.70. The molecule has 1 amide bonds. The molecule has 0 atom stereocenters. The van der Waals surface area contributed by atoms with Gasteiger partial charge in [0, 0.05) is 5.56 Å². The molecule has 0 aliphatic heterocycles. The lowest BCUT2D eigenvalue weighted by Gasteiger charge is -2.13. The molecule has 0 fully saturated rings. The zero-order valence-corrected chi connectivity index (χ0v) is 10.6. The van der Waals surface area contributed by atoms with E-state index in [1.54, 1.807) is 0 Å². The standard InChI is InChI=1S/C13H11F3N2O3/c14-13(15,16)9-3-1-2-4-10(9)21-7-8-5-6-20-11(8)12(19)18-17/h1-6H,7,17H2,(H,18,19). The first-order valence-electron chi connectivity index (χ1n) is 5.80. The third-order valence-electron chi connectivity index (χ3n) is 2.66. The molecule has 0 aliphatic rings. The monoisotopic (exact) mass is 300 g/mol. The Hall–Kier alpha value is -2.48. The van der Waals surface area contributed by atoms with Gasteiger partial charge in [-0.15, -0.1) is 0 Å². The quantitative estimate of drug-likeness (QED) is 0.516. The Kier molecular flexibility index (Phi) is 4.18. The second-order valence-electron chi connectivity index (χ2n) is 4.03. The number of carbonyl (C=O) groups is 1. The number of carbonyl (C=O) groups excluding carboxylic acids is 1. The van der Waals surface area contributed by atoms with Gasteiger partial charge in [0.1, 0.15) is 12.4 Å². The molecule has 1 aromatic heterocycles. The van der Waals surface area contributed by atoms with Gasteiger partial charge in [0.25, 0.3) is 0 Å². The molecule has 0 aliphatic carbocycles. The highest BCUT2D eigenvalue weighted by Crippen LogP contribution is 2.36. The number of amides is 1. The zero-order valence-electron chi connectivity index (χ0n) is 10.6. The molecular weight excluding hydrogens is 289 g/mol. The lowest BCUT2D eigenvalue weighted by molar-refractivity contribution is -0.139. The molecule has 0 bridgehead atoms. The molecule has 1 aromatic carbocycles. The third kappa shape index (κ3) is 3.34. The van der Waals surface area contributed by atoms with Crippen LogP contribution in [0.4, 0.5) is 13.2 Å². The molecule has 0 unspecified atom stereocenters. The number of furan rings is 1. The number of hydrazine groups is 1. The minimum absolute atomic E-state index is 0.109. The predicted molar refractivity (Wildman–Crippen MR) is 66.1 cm³/mol. The van der Waals surface area contributed by atoms with Crippen LogP contribution in [0.15, 0.2) is 41.0 Å². The van der Waals surface area contributed by atoms with E-state index in [1.807, 2.05) is 5.43 Å². The number of hydrogen-bond acceptors (Lipinski definition) is 4. The van der Waals surface area contributed by atoms with Crippen molar-refractivity contribution in [2.45, 2.75) is 12.8 Å². The number of benzene rings is 1. The minimum Gasteiger partial charge on any atom is -0.488 e. The largest absolute Gasteiger partial charge is 0.488 e. The van der Waals surface area contributed by atoms with Gasteiger partial charge in [0.05, 0.1) is 11.8 Å². The van der Waals surface area contributed by atoms with Gasteiger partial charge in [-0.2, -0.15) is 13.2 Å². The fraction of sp³-hybridized carbons (Fsp3) is 0.154. The minimum atomic E-state index is -4.52. The fourth-order valence-electron chi connectivity index (χ4n) is 1.70. The van der Waals surface area contributed by atoms with Crippen molar-refractivity contribution in [3.63, 3.8) is 0 Å². The average Bonchev–Trinajstić information content (AvgIpc) is 2.92. The van der Waals surface area contributed by atoms with Crippen LogP contribution in [-0.4, -0.2) is 5.91 Å². The smallest absolute Gasteiger partial charge is 0.419 e. The van der Waals surface area contributed by atoms with E-state index < -0.39 is 17.6 Å². The molecule has 21 heavy (non-hydrogen) atoms. The van der Waals surface area contributed by atoms with Gasteiger partial charge < -0.3 is 9.15 Å². The molecule has 5 nitrogen and oxygen atoms in total. The van der Waals surface area contributed by atoms with Gasteiger partial charge in [-0.1, -0.05) is 12.1 Å². The Labute approximate surface area is 117 Å². The van der Waals surface area contributed by atoms with Crippen molar-refractivity contribution >= 4 is 5.91 Å². The summed E-state index contributed by atoms with van der Waals surface area (Å²) in [7, 11) is 0. The second-order valence-corrected chi connectivity index (χ2v) is 4.03. The summed E-state index contributed by atoms with van der Waals surface area (Å²) in [4.78, 5) is 11.4. The van der Waals surface area contributed by atoms with Gasteiger partial charge in [0.15, 0.2) is 5.76 Å². The van der Waals surface area contributed by atoms with Gasteiger partial charge in [0.2, 0.25) is 0 Å². The highest BCUT2D eigenvalue weighted by molar-refractivity contribution is 5.92. The van der Waals surface area contributed by atoms with Crippen molar-refractivity contribution in [2.75, 3.05) is 0 Å². The normalized spacial score (nSPS) is 11.2. The van der Waals surface area contributed by atoms with Crippen LogP contribution < -0.4 is 16.0 Å². The van der Waals surface area contributed by atoms with E-state index in [0.717, 1.165) is 6.07 Å². The van der Waals surface area contributed by atoms with Crippen molar-refractivity contribution in [3.8, 4) is 5.75 Å². The van der Waals surface area contributed by atoms with Gasteiger partial charge in [-0.25, -0.2) is 5.84 Å². The van der Waals surface area contributed by atoms with E-state index >= 15 is 0 Å². The van der Waals surface area contributed by atoms with Crippen LogP contribution in [0, 0.1) is 0 Å². The third-order valence-corrected chi connectivity index (χ3v) is 2.66. The maximum absolute atomic E-state index is 12.8. The van der Waals surface area contributed by atoms with E-state index in [4.69, 9.17) is 15.0 Å². The first-order chi connectivity index (χ1) is 9.93. The number of para-hydroxylation sites is 1. The number of nitrogens with two attached hydrogens (primary N) is 1. The number of halogens is 3. The lowest BCUT2D eigenvalue weighted by atomic mass is 10.2. The van der Waals surface area contributed by atoms with Crippen LogP contribution in [-0.2, 0) is 12.8 Å². The average molecular weight is 300 g/mol. The number of hydrogen-bond donors (Lipinski definition) is 2. The predicted octanol–water partition coefficient (Wildman–Crippen LogP) is 2.48. The van der Waals surface area contributed by atoms with Gasteiger partial charge in [-0.3, -0.25) is 10.2 Å². The summed E-state index contributed by atoms with van der Waals surface area (Å²) in [5, 5.41) is 0. The summed E-state index contributed by atoms with van der Waals surface area (Å²) in [5.74, 6) is 3.84. The summed E-state index contributed by atoms with van der Waals surface area (Å²) >= 11 is 0. The molecule has 0 saturated carbocycles. The Morgan fingerprint density at radius 1 is 1.29 bits per heavy atom. The van der Waals surface area contributed by atoms with Crippen molar-refractivity contribution in [3.05, 3.63) is 53.5 Å². The molecule has 0 radical (unpaired) electrons. The SMILES string of the molecule is NNC(=O)c1occc1COc1ccccc1C(F)(F)F.